The minimum Gasteiger partial charge on any atom is -0.467 e. The molecule has 0 radical (unpaired) electrons. The Morgan fingerprint density at radius 2 is 1.90 bits per heavy atom. The number of benzene rings is 1. The van der Waals surface area contributed by atoms with E-state index in [1.54, 1.807) is 13.0 Å². The number of hydrogen-bond acceptors (Lipinski definition) is 8. The molecule has 2 heterocycles. The first-order valence-corrected chi connectivity index (χ1v) is 10.5. The summed E-state index contributed by atoms with van der Waals surface area (Å²) < 4.78 is 37.4. The number of nitrogens with zero attached hydrogens (tertiary/aromatic N) is 3. The van der Waals surface area contributed by atoms with Crippen molar-refractivity contribution < 1.29 is 27.3 Å². The second-order valence-corrected chi connectivity index (χ2v) is 8.29. The highest BCUT2D eigenvalue weighted by atomic mass is 32.2. The normalized spacial score (nSPS) is 15.9. The van der Waals surface area contributed by atoms with Crippen LogP contribution < -0.4 is 0 Å². The van der Waals surface area contributed by atoms with E-state index in [0.29, 0.717) is 31.0 Å². The van der Waals surface area contributed by atoms with Crippen molar-refractivity contribution >= 4 is 21.7 Å². The number of carbonyl (C=O) groups excluding carboxylic acids is 1. The van der Waals surface area contributed by atoms with Gasteiger partial charge in [-0.15, -0.1) is 0 Å². The molecule has 1 fully saturated rings. The molecule has 1 saturated heterocycles. The Morgan fingerprint density at radius 3 is 2.55 bits per heavy atom. The highest BCUT2D eigenvalue weighted by Crippen LogP contribution is 2.27. The maximum Gasteiger partial charge on any atom is 0.341 e. The largest absolute Gasteiger partial charge is 0.467 e. The van der Waals surface area contributed by atoms with Crippen LogP contribution >= 0.6 is 0 Å². The number of rotatable bonds is 7. The van der Waals surface area contributed by atoms with Crippen molar-refractivity contribution in [1.29, 1.82) is 0 Å². The lowest BCUT2D eigenvalue weighted by atomic mass is 10.2. The number of para-hydroxylation sites is 1. The van der Waals surface area contributed by atoms with Crippen LogP contribution in [0.15, 0.2) is 45.9 Å². The third-order valence-corrected chi connectivity index (χ3v) is 6.57. The maximum atomic E-state index is 12.9. The minimum absolute atomic E-state index is 0.170. The second kappa shape index (κ2) is 8.72. The van der Waals surface area contributed by atoms with E-state index in [9.17, 15) is 23.3 Å². The molecule has 11 heteroatoms. The molecule has 0 saturated carbocycles. The van der Waals surface area contributed by atoms with Crippen molar-refractivity contribution in [1.82, 2.24) is 9.21 Å². The second-order valence-electron chi connectivity index (χ2n) is 6.38. The van der Waals surface area contributed by atoms with Crippen molar-refractivity contribution in [3.8, 4) is 0 Å². The van der Waals surface area contributed by atoms with Crippen LogP contribution in [0.4, 0.5) is 5.69 Å². The molecule has 0 aliphatic carbocycles. The number of hydrogen-bond donors (Lipinski definition) is 0. The lowest BCUT2D eigenvalue weighted by Gasteiger charge is -2.33. The Bertz CT molecular complexity index is 994. The van der Waals surface area contributed by atoms with Crippen LogP contribution in [0.2, 0.25) is 0 Å². The van der Waals surface area contributed by atoms with Crippen molar-refractivity contribution in [3.63, 3.8) is 0 Å². The van der Waals surface area contributed by atoms with Crippen LogP contribution in [0.1, 0.15) is 23.0 Å². The summed E-state index contributed by atoms with van der Waals surface area (Å²) in [5.41, 5.74) is -0.0913. The number of sulfonamides is 1. The summed E-state index contributed by atoms with van der Waals surface area (Å²) >= 11 is 0. The summed E-state index contributed by atoms with van der Waals surface area (Å²) in [4.78, 5) is 24.1. The monoisotopic (exact) mass is 423 g/mol. The lowest BCUT2D eigenvalue weighted by molar-refractivity contribution is -0.387. The summed E-state index contributed by atoms with van der Waals surface area (Å²) in [6.07, 6.45) is 1.41. The molecule has 1 aliphatic rings. The van der Waals surface area contributed by atoms with Gasteiger partial charge in [-0.25, -0.2) is 13.2 Å². The zero-order valence-corrected chi connectivity index (χ0v) is 16.6. The van der Waals surface area contributed by atoms with Gasteiger partial charge in [-0.1, -0.05) is 12.1 Å². The molecular formula is C18H21N3O7S. The molecular weight excluding hydrogens is 402 g/mol. The number of ether oxygens (including phenoxy) is 1. The fraction of sp³-hybridized carbons (Fsp3) is 0.389. The van der Waals surface area contributed by atoms with E-state index in [-0.39, 0.29) is 24.6 Å². The van der Waals surface area contributed by atoms with Gasteiger partial charge in [0.2, 0.25) is 10.0 Å². The molecule has 0 unspecified atom stereocenters. The summed E-state index contributed by atoms with van der Waals surface area (Å²) in [6.45, 7) is 3.43. The zero-order valence-electron chi connectivity index (χ0n) is 15.8. The number of nitro benzene ring substituents is 1. The van der Waals surface area contributed by atoms with Gasteiger partial charge in [0, 0.05) is 32.2 Å². The maximum absolute atomic E-state index is 12.9. The molecule has 2 aromatic rings. The van der Waals surface area contributed by atoms with Gasteiger partial charge in [0.25, 0.3) is 5.69 Å². The summed E-state index contributed by atoms with van der Waals surface area (Å²) in [5, 5.41) is 11.2. The molecule has 0 bridgehead atoms. The predicted molar refractivity (Wildman–Crippen MR) is 102 cm³/mol. The minimum atomic E-state index is -3.98. The molecule has 1 aliphatic heterocycles. The Kier molecular flexibility index (Phi) is 6.30. The average Bonchev–Trinajstić information content (AvgIpc) is 3.17. The molecule has 156 valence electrons. The smallest absolute Gasteiger partial charge is 0.341 e. The number of esters is 1. The quantitative estimate of drug-likeness (QED) is 0.376. The first-order valence-electron chi connectivity index (χ1n) is 9.04. The summed E-state index contributed by atoms with van der Waals surface area (Å²) in [6, 6.07) is 6.86. The first kappa shape index (κ1) is 21.0. The number of piperazine rings is 1. The molecule has 0 amide bonds. The number of furan rings is 1. The Labute approximate surface area is 167 Å². The van der Waals surface area contributed by atoms with E-state index >= 15 is 0 Å². The van der Waals surface area contributed by atoms with Gasteiger partial charge in [0.15, 0.2) is 4.90 Å². The van der Waals surface area contributed by atoms with E-state index in [2.05, 4.69) is 0 Å². The molecule has 0 N–H and O–H groups in total. The highest BCUT2D eigenvalue weighted by molar-refractivity contribution is 7.89. The number of carbonyl (C=O) groups is 1. The topological polar surface area (TPSA) is 123 Å². The molecule has 1 aromatic heterocycles. The van der Waals surface area contributed by atoms with E-state index < -0.39 is 26.6 Å². The Hall–Kier alpha value is -2.76. The van der Waals surface area contributed by atoms with Gasteiger partial charge in [-0.05, 0) is 19.1 Å². The van der Waals surface area contributed by atoms with Gasteiger partial charge in [-0.2, -0.15) is 4.31 Å². The van der Waals surface area contributed by atoms with Gasteiger partial charge >= 0.3 is 5.97 Å². The Balaban J connectivity index is 1.68. The SMILES string of the molecule is CCOC(=O)c1ccoc1CN1CCN(S(=O)(=O)c2ccccc2[N+](=O)[O-])CC1. The molecule has 1 aromatic carbocycles. The van der Waals surface area contributed by atoms with Crippen molar-refractivity contribution in [2.75, 3.05) is 32.8 Å². The van der Waals surface area contributed by atoms with Crippen LogP contribution in [0.5, 0.6) is 0 Å². The van der Waals surface area contributed by atoms with E-state index in [0.717, 1.165) is 0 Å². The molecule has 3 rings (SSSR count). The Morgan fingerprint density at radius 1 is 1.21 bits per heavy atom. The van der Waals surface area contributed by atoms with Gasteiger partial charge < -0.3 is 9.15 Å². The van der Waals surface area contributed by atoms with Crippen molar-refractivity contribution in [2.45, 2.75) is 18.4 Å². The van der Waals surface area contributed by atoms with Gasteiger partial charge in [-0.3, -0.25) is 15.0 Å². The van der Waals surface area contributed by atoms with Gasteiger partial charge in [0.1, 0.15) is 11.3 Å². The zero-order chi connectivity index (χ0) is 21.0. The molecule has 10 nitrogen and oxygen atoms in total. The van der Waals surface area contributed by atoms with Crippen LogP contribution in [-0.2, 0) is 21.3 Å². The van der Waals surface area contributed by atoms with E-state index in [1.165, 1.54) is 34.8 Å². The van der Waals surface area contributed by atoms with Crippen molar-refractivity contribution in [3.05, 3.63) is 58.0 Å². The van der Waals surface area contributed by atoms with Crippen LogP contribution in [0.3, 0.4) is 0 Å². The van der Waals surface area contributed by atoms with Crippen LogP contribution in [-0.4, -0.2) is 61.3 Å². The van der Waals surface area contributed by atoms with E-state index in [4.69, 9.17) is 9.15 Å². The van der Waals surface area contributed by atoms with Crippen LogP contribution in [0, 0.1) is 10.1 Å². The lowest BCUT2D eigenvalue weighted by Crippen LogP contribution is -2.48. The number of nitro groups is 1. The highest BCUT2D eigenvalue weighted by Gasteiger charge is 2.33. The fourth-order valence-electron chi connectivity index (χ4n) is 3.15. The van der Waals surface area contributed by atoms with Crippen molar-refractivity contribution in [2.24, 2.45) is 0 Å². The summed E-state index contributed by atoms with van der Waals surface area (Å²) in [7, 11) is -3.98. The third kappa shape index (κ3) is 4.47. The van der Waals surface area contributed by atoms with Crippen LogP contribution in [0.25, 0.3) is 0 Å². The summed E-state index contributed by atoms with van der Waals surface area (Å²) in [5.74, 6) is -0.00712. The molecule has 0 spiro atoms. The predicted octanol–water partition coefficient (Wildman–Crippen LogP) is 1.87. The average molecular weight is 423 g/mol. The molecule has 29 heavy (non-hydrogen) atoms. The first-order chi connectivity index (χ1) is 13.8. The standard InChI is InChI=1S/C18H21N3O7S/c1-2-27-18(22)14-7-12-28-16(14)13-19-8-10-20(11-9-19)29(25,26)17-6-4-3-5-15(17)21(23)24/h3-7,12H,2,8-11,13H2,1H3. The molecule has 0 atom stereocenters. The van der Waals surface area contributed by atoms with E-state index in [1.807, 2.05) is 4.90 Å². The third-order valence-electron chi connectivity index (χ3n) is 4.62. The fourth-order valence-corrected chi connectivity index (χ4v) is 4.73. The van der Waals surface area contributed by atoms with Gasteiger partial charge in [0.05, 0.1) is 24.3 Å².